The van der Waals surface area contributed by atoms with Gasteiger partial charge in [-0.25, -0.2) is 4.98 Å². The maximum atomic E-state index is 11.7. The molecule has 1 amide bonds. The van der Waals surface area contributed by atoms with Gasteiger partial charge in [0.15, 0.2) is 0 Å². The van der Waals surface area contributed by atoms with Crippen molar-refractivity contribution in [2.45, 2.75) is 19.9 Å². The van der Waals surface area contributed by atoms with Crippen LogP contribution in [0, 0.1) is 5.92 Å². The quantitative estimate of drug-likeness (QED) is 0.593. The zero-order valence-corrected chi connectivity index (χ0v) is 7.90. The Balaban J connectivity index is 2.40. The first-order valence-corrected chi connectivity index (χ1v) is 4.48. The van der Waals surface area contributed by atoms with Crippen molar-refractivity contribution in [3.8, 4) is 0 Å². The monoisotopic (exact) mass is 179 g/mol. The van der Waals surface area contributed by atoms with Gasteiger partial charge in [-0.05, 0) is 6.42 Å². The van der Waals surface area contributed by atoms with Gasteiger partial charge in [0.05, 0.1) is 12.5 Å². The van der Waals surface area contributed by atoms with Crippen LogP contribution in [0.2, 0.25) is 0 Å². The maximum absolute atomic E-state index is 11.7. The molecule has 1 aromatic heterocycles. The molecule has 4 nitrogen and oxygen atoms in total. The lowest BCUT2D eigenvalue weighted by molar-refractivity contribution is -0.121. The summed E-state index contributed by atoms with van der Waals surface area (Å²) in [5, 5.41) is 0. The minimum Gasteiger partial charge on any atom is -0.317 e. The summed E-state index contributed by atoms with van der Waals surface area (Å²) in [5.74, 6) is 1.19. The van der Waals surface area contributed by atoms with Crippen molar-refractivity contribution in [2.75, 3.05) is 11.9 Å². The Hall–Kier alpha value is -1.32. The lowest BCUT2D eigenvalue weighted by atomic mass is 10.1. The van der Waals surface area contributed by atoms with E-state index in [-0.39, 0.29) is 11.8 Å². The van der Waals surface area contributed by atoms with Crippen molar-refractivity contribution >= 4 is 11.7 Å². The second-order valence-electron chi connectivity index (χ2n) is 3.53. The zero-order valence-electron chi connectivity index (χ0n) is 7.90. The molecule has 0 N–H and O–H groups in total. The molecule has 2 rings (SSSR count). The highest BCUT2D eigenvalue weighted by molar-refractivity contribution is 5.93. The summed E-state index contributed by atoms with van der Waals surface area (Å²) in [6.45, 7) is 2.85. The first-order chi connectivity index (χ1) is 6.20. The lowest BCUT2D eigenvalue weighted by Crippen LogP contribution is -2.30. The number of anilines is 1. The molecule has 1 aliphatic rings. The zero-order chi connectivity index (χ0) is 9.42. The molecule has 0 spiro atoms. The SMILES string of the molecule is CC1CCn2cncc2N(C)C1=O. The van der Waals surface area contributed by atoms with Gasteiger partial charge < -0.3 is 4.57 Å². The molecule has 0 aromatic carbocycles. The molecule has 1 aliphatic heterocycles. The smallest absolute Gasteiger partial charge is 0.230 e. The second kappa shape index (κ2) is 2.87. The number of carbonyl (C=O) groups is 1. The van der Waals surface area contributed by atoms with E-state index >= 15 is 0 Å². The van der Waals surface area contributed by atoms with Gasteiger partial charge in [0, 0.05) is 19.5 Å². The Bertz CT molecular complexity index is 331. The number of amides is 1. The summed E-state index contributed by atoms with van der Waals surface area (Å²) in [6.07, 6.45) is 4.40. The van der Waals surface area contributed by atoms with E-state index in [4.69, 9.17) is 0 Å². The van der Waals surface area contributed by atoms with E-state index in [1.54, 1.807) is 24.5 Å². The highest BCUT2D eigenvalue weighted by Gasteiger charge is 2.24. The predicted molar refractivity (Wildman–Crippen MR) is 49.4 cm³/mol. The van der Waals surface area contributed by atoms with E-state index in [1.165, 1.54) is 0 Å². The highest BCUT2D eigenvalue weighted by Crippen LogP contribution is 2.21. The third-order valence-electron chi connectivity index (χ3n) is 2.59. The van der Waals surface area contributed by atoms with Crippen molar-refractivity contribution in [2.24, 2.45) is 5.92 Å². The molecule has 0 fully saturated rings. The lowest BCUT2D eigenvalue weighted by Gasteiger charge is -2.16. The summed E-state index contributed by atoms with van der Waals surface area (Å²) in [7, 11) is 1.80. The number of hydrogen-bond acceptors (Lipinski definition) is 2. The third kappa shape index (κ3) is 1.22. The molecule has 2 heterocycles. The number of aromatic nitrogens is 2. The number of carbonyl (C=O) groups excluding carboxylic acids is 1. The summed E-state index contributed by atoms with van der Waals surface area (Å²) in [6, 6.07) is 0. The van der Waals surface area contributed by atoms with Gasteiger partial charge in [0.1, 0.15) is 5.82 Å². The van der Waals surface area contributed by atoms with Gasteiger partial charge in [0.2, 0.25) is 5.91 Å². The molecule has 0 saturated carbocycles. The fourth-order valence-electron chi connectivity index (χ4n) is 1.67. The van der Waals surface area contributed by atoms with Gasteiger partial charge in [0.25, 0.3) is 0 Å². The number of nitrogens with zero attached hydrogens (tertiary/aromatic N) is 3. The Labute approximate surface area is 77.2 Å². The first kappa shape index (κ1) is 8.29. The van der Waals surface area contributed by atoms with Crippen LogP contribution in [-0.4, -0.2) is 22.5 Å². The molecule has 0 bridgehead atoms. The van der Waals surface area contributed by atoms with Gasteiger partial charge in [-0.1, -0.05) is 6.92 Å². The van der Waals surface area contributed by atoms with Crippen molar-refractivity contribution in [3.05, 3.63) is 12.5 Å². The summed E-state index contributed by atoms with van der Waals surface area (Å²) < 4.78 is 2.02. The maximum Gasteiger partial charge on any atom is 0.230 e. The van der Waals surface area contributed by atoms with Crippen LogP contribution in [0.3, 0.4) is 0 Å². The van der Waals surface area contributed by atoms with Crippen LogP contribution in [0.1, 0.15) is 13.3 Å². The third-order valence-corrected chi connectivity index (χ3v) is 2.59. The molecule has 13 heavy (non-hydrogen) atoms. The number of imidazole rings is 1. The van der Waals surface area contributed by atoms with Crippen LogP contribution in [0.4, 0.5) is 5.82 Å². The molecule has 0 saturated heterocycles. The topological polar surface area (TPSA) is 38.1 Å². The minimum absolute atomic E-state index is 0.116. The van der Waals surface area contributed by atoms with E-state index in [0.29, 0.717) is 0 Å². The standard InChI is InChI=1S/C9H13N3O/c1-7-3-4-12-6-10-5-8(12)11(2)9(7)13/h5-7H,3-4H2,1-2H3. The Morgan fingerprint density at radius 2 is 2.38 bits per heavy atom. The van der Waals surface area contributed by atoms with Crippen LogP contribution < -0.4 is 4.90 Å². The number of fused-ring (bicyclic) bond motifs is 1. The summed E-state index contributed by atoms with van der Waals surface area (Å²) >= 11 is 0. The van der Waals surface area contributed by atoms with E-state index in [0.717, 1.165) is 18.8 Å². The molecule has 1 unspecified atom stereocenters. The Kier molecular flexibility index (Phi) is 1.83. The molecule has 1 atom stereocenters. The Morgan fingerprint density at radius 3 is 3.15 bits per heavy atom. The molecule has 0 aliphatic carbocycles. The molecular weight excluding hydrogens is 166 g/mol. The fraction of sp³-hybridized carbons (Fsp3) is 0.556. The van der Waals surface area contributed by atoms with E-state index in [9.17, 15) is 4.79 Å². The average Bonchev–Trinajstić information content (AvgIpc) is 2.56. The predicted octanol–water partition coefficient (Wildman–Crippen LogP) is 0.886. The van der Waals surface area contributed by atoms with Crippen molar-refractivity contribution in [3.63, 3.8) is 0 Å². The second-order valence-corrected chi connectivity index (χ2v) is 3.53. The average molecular weight is 179 g/mol. The van der Waals surface area contributed by atoms with Crippen LogP contribution >= 0.6 is 0 Å². The van der Waals surface area contributed by atoms with Crippen molar-refractivity contribution < 1.29 is 4.79 Å². The van der Waals surface area contributed by atoms with Crippen molar-refractivity contribution in [1.82, 2.24) is 9.55 Å². The normalized spacial score (nSPS) is 22.8. The highest BCUT2D eigenvalue weighted by atomic mass is 16.2. The number of aryl methyl sites for hydroxylation is 1. The molecule has 0 radical (unpaired) electrons. The van der Waals surface area contributed by atoms with Gasteiger partial charge >= 0.3 is 0 Å². The number of hydrogen-bond donors (Lipinski definition) is 0. The summed E-state index contributed by atoms with van der Waals surface area (Å²) in [4.78, 5) is 17.4. The van der Waals surface area contributed by atoms with Crippen LogP contribution in [-0.2, 0) is 11.3 Å². The van der Waals surface area contributed by atoms with Gasteiger partial charge in [-0.15, -0.1) is 0 Å². The molecular formula is C9H13N3O. The molecule has 1 aromatic rings. The summed E-state index contributed by atoms with van der Waals surface area (Å²) in [5.41, 5.74) is 0. The van der Waals surface area contributed by atoms with E-state index < -0.39 is 0 Å². The minimum atomic E-state index is 0.116. The van der Waals surface area contributed by atoms with Crippen molar-refractivity contribution in [1.29, 1.82) is 0 Å². The molecule has 4 heteroatoms. The van der Waals surface area contributed by atoms with E-state index in [2.05, 4.69) is 4.98 Å². The molecule has 70 valence electrons. The fourth-order valence-corrected chi connectivity index (χ4v) is 1.67. The Morgan fingerprint density at radius 1 is 1.62 bits per heavy atom. The van der Waals surface area contributed by atoms with Crippen LogP contribution in [0.15, 0.2) is 12.5 Å². The van der Waals surface area contributed by atoms with E-state index in [1.807, 2.05) is 11.5 Å². The van der Waals surface area contributed by atoms with Gasteiger partial charge in [-0.3, -0.25) is 9.69 Å². The largest absolute Gasteiger partial charge is 0.317 e. The van der Waals surface area contributed by atoms with Crippen LogP contribution in [0.25, 0.3) is 0 Å². The van der Waals surface area contributed by atoms with Gasteiger partial charge in [-0.2, -0.15) is 0 Å². The van der Waals surface area contributed by atoms with Crippen LogP contribution in [0.5, 0.6) is 0 Å². The number of rotatable bonds is 0. The first-order valence-electron chi connectivity index (χ1n) is 4.48.